The van der Waals surface area contributed by atoms with Crippen molar-refractivity contribution in [1.82, 2.24) is 5.32 Å². The van der Waals surface area contributed by atoms with Gasteiger partial charge < -0.3 is 10.4 Å². The van der Waals surface area contributed by atoms with Gasteiger partial charge in [-0.25, -0.2) is 0 Å². The van der Waals surface area contributed by atoms with E-state index in [2.05, 4.69) is 35.1 Å². The van der Waals surface area contributed by atoms with Crippen molar-refractivity contribution >= 4 is 21.8 Å². The van der Waals surface area contributed by atoms with E-state index < -0.39 is 5.60 Å². The van der Waals surface area contributed by atoms with Crippen molar-refractivity contribution in [3.63, 3.8) is 0 Å². The monoisotopic (exact) mass is 291 g/mol. The number of amides is 1. The van der Waals surface area contributed by atoms with Crippen LogP contribution in [-0.4, -0.2) is 28.5 Å². The quantitative estimate of drug-likeness (QED) is 0.781. The predicted octanol–water partition coefficient (Wildman–Crippen LogP) is 2.22. The van der Waals surface area contributed by atoms with E-state index in [1.165, 1.54) is 0 Å². The number of hydrogen-bond acceptors (Lipinski definition) is 2. The minimum Gasteiger partial charge on any atom is -0.388 e. The second-order valence-electron chi connectivity index (χ2n) is 5.60. The lowest BCUT2D eigenvalue weighted by molar-refractivity contribution is -0.122. The van der Waals surface area contributed by atoms with Crippen LogP contribution in [0.3, 0.4) is 0 Å². The minimum atomic E-state index is -0.683. The van der Waals surface area contributed by atoms with E-state index in [0.29, 0.717) is 23.7 Å². The molecule has 0 aliphatic heterocycles. The van der Waals surface area contributed by atoms with Crippen LogP contribution in [-0.2, 0) is 4.79 Å². The van der Waals surface area contributed by atoms with Gasteiger partial charge in [0.05, 0.1) is 5.60 Å². The lowest BCUT2D eigenvalue weighted by Gasteiger charge is -2.40. The average Bonchev–Trinajstić information content (AvgIpc) is 2.21. The van der Waals surface area contributed by atoms with Crippen LogP contribution < -0.4 is 5.32 Å². The van der Waals surface area contributed by atoms with Gasteiger partial charge in [0.2, 0.25) is 5.91 Å². The van der Waals surface area contributed by atoms with Gasteiger partial charge in [-0.15, -0.1) is 0 Å². The molecule has 0 radical (unpaired) electrons. The number of nitrogens with one attached hydrogen (secondary N) is 1. The number of hydrogen-bond donors (Lipinski definition) is 2. The highest BCUT2D eigenvalue weighted by molar-refractivity contribution is 9.09. The number of alkyl halides is 1. The summed E-state index contributed by atoms with van der Waals surface area (Å²) in [7, 11) is 0. The molecule has 3 nitrogen and oxygen atoms in total. The topological polar surface area (TPSA) is 49.3 Å². The number of aliphatic hydroxyl groups is 1. The minimum absolute atomic E-state index is 0.00938. The molecule has 0 aromatic heterocycles. The van der Waals surface area contributed by atoms with Crippen molar-refractivity contribution in [3.05, 3.63) is 0 Å². The van der Waals surface area contributed by atoms with Gasteiger partial charge in [0.25, 0.3) is 0 Å². The molecule has 1 rings (SSSR count). The molecule has 16 heavy (non-hydrogen) atoms. The Morgan fingerprint density at radius 1 is 1.31 bits per heavy atom. The molecule has 1 aliphatic carbocycles. The smallest absolute Gasteiger partial charge is 0.220 e. The van der Waals surface area contributed by atoms with Gasteiger partial charge in [0, 0.05) is 18.3 Å². The third-order valence-corrected chi connectivity index (χ3v) is 3.87. The van der Waals surface area contributed by atoms with Crippen molar-refractivity contribution in [1.29, 1.82) is 0 Å². The Kier molecular flexibility index (Phi) is 4.80. The number of carbonyl (C=O) groups excluding carboxylic acids is 1. The normalized spacial score (nSPS) is 22.8. The van der Waals surface area contributed by atoms with E-state index in [1.807, 2.05) is 0 Å². The summed E-state index contributed by atoms with van der Waals surface area (Å²) in [6, 6.07) is 0. The average molecular weight is 292 g/mol. The van der Waals surface area contributed by atoms with E-state index >= 15 is 0 Å². The summed E-state index contributed by atoms with van der Waals surface area (Å²) in [5, 5.41) is 13.8. The molecule has 2 N–H and O–H groups in total. The Bertz CT molecular complexity index is 243. The molecule has 0 aromatic carbocycles. The first-order valence-corrected chi connectivity index (χ1v) is 7.04. The molecule has 1 saturated carbocycles. The molecule has 0 heterocycles. The first kappa shape index (κ1) is 14.0. The fraction of sp³-hybridized carbons (Fsp3) is 0.917. The molecule has 1 fully saturated rings. The lowest BCUT2D eigenvalue weighted by atomic mass is 9.71. The van der Waals surface area contributed by atoms with E-state index in [9.17, 15) is 9.90 Å². The molecular weight excluding hydrogens is 270 g/mol. The van der Waals surface area contributed by atoms with Gasteiger partial charge in [-0.3, -0.25) is 4.79 Å². The number of halogens is 1. The molecule has 0 atom stereocenters. The van der Waals surface area contributed by atoms with E-state index in [0.717, 1.165) is 25.7 Å². The highest BCUT2D eigenvalue weighted by Gasteiger charge is 2.36. The van der Waals surface area contributed by atoms with Crippen molar-refractivity contribution in [2.45, 2.75) is 51.6 Å². The summed E-state index contributed by atoms with van der Waals surface area (Å²) in [5.74, 6) is 0.00938. The summed E-state index contributed by atoms with van der Waals surface area (Å²) >= 11 is 3.22. The Morgan fingerprint density at radius 2 is 1.88 bits per heavy atom. The zero-order valence-corrected chi connectivity index (χ0v) is 11.8. The SMILES string of the molecule is CC1(C)CCC(O)(CNC(=O)CCBr)CC1. The molecule has 1 aliphatic rings. The van der Waals surface area contributed by atoms with Crippen LogP contribution in [0.4, 0.5) is 0 Å². The summed E-state index contributed by atoms with van der Waals surface area (Å²) in [5.41, 5.74) is -0.344. The van der Waals surface area contributed by atoms with Crippen LogP contribution in [0, 0.1) is 5.41 Å². The number of rotatable bonds is 4. The molecule has 0 spiro atoms. The van der Waals surface area contributed by atoms with Gasteiger partial charge in [0.1, 0.15) is 0 Å². The fourth-order valence-corrected chi connectivity index (χ4v) is 2.37. The zero-order chi connectivity index (χ0) is 12.2. The van der Waals surface area contributed by atoms with E-state index in [4.69, 9.17) is 0 Å². The van der Waals surface area contributed by atoms with Crippen LogP contribution in [0.25, 0.3) is 0 Å². The standard InChI is InChI=1S/C12H22BrNO2/c1-11(2)4-6-12(16,7-5-11)9-14-10(15)3-8-13/h16H,3-9H2,1-2H3,(H,14,15). The van der Waals surface area contributed by atoms with Gasteiger partial charge in [0.15, 0.2) is 0 Å². The van der Waals surface area contributed by atoms with Crippen molar-refractivity contribution in [3.8, 4) is 0 Å². The third-order valence-electron chi connectivity index (χ3n) is 3.47. The van der Waals surface area contributed by atoms with Gasteiger partial charge in [-0.1, -0.05) is 29.8 Å². The molecule has 0 bridgehead atoms. The summed E-state index contributed by atoms with van der Waals surface area (Å²) in [6.45, 7) is 4.86. The third kappa shape index (κ3) is 4.42. The molecule has 94 valence electrons. The first-order chi connectivity index (χ1) is 7.37. The molecule has 0 aromatic rings. The van der Waals surface area contributed by atoms with Gasteiger partial charge in [-0.2, -0.15) is 0 Å². The van der Waals surface area contributed by atoms with Crippen LogP contribution in [0.1, 0.15) is 46.0 Å². The molecule has 0 saturated heterocycles. The Morgan fingerprint density at radius 3 is 2.38 bits per heavy atom. The summed E-state index contributed by atoms with van der Waals surface area (Å²) in [6.07, 6.45) is 4.10. The highest BCUT2D eigenvalue weighted by atomic mass is 79.9. The largest absolute Gasteiger partial charge is 0.388 e. The first-order valence-electron chi connectivity index (χ1n) is 5.92. The van der Waals surface area contributed by atoms with Crippen LogP contribution in [0.2, 0.25) is 0 Å². The maximum atomic E-state index is 11.3. The summed E-state index contributed by atoms with van der Waals surface area (Å²) < 4.78 is 0. The number of carbonyl (C=O) groups is 1. The fourth-order valence-electron chi connectivity index (χ4n) is 2.01. The molecule has 4 heteroatoms. The highest BCUT2D eigenvalue weighted by Crippen LogP contribution is 2.39. The second-order valence-corrected chi connectivity index (χ2v) is 6.40. The zero-order valence-electron chi connectivity index (χ0n) is 10.2. The van der Waals surface area contributed by atoms with Crippen molar-refractivity contribution < 1.29 is 9.90 Å². The Hall–Kier alpha value is -0.0900. The van der Waals surface area contributed by atoms with Crippen molar-refractivity contribution in [2.75, 3.05) is 11.9 Å². The van der Waals surface area contributed by atoms with Gasteiger partial charge in [-0.05, 0) is 31.1 Å². The van der Waals surface area contributed by atoms with Crippen LogP contribution in [0.15, 0.2) is 0 Å². The maximum Gasteiger partial charge on any atom is 0.220 e. The van der Waals surface area contributed by atoms with E-state index in [-0.39, 0.29) is 5.91 Å². The molecule has 1 amide bonds. The van der Waals surface area contributed by atoms with Crippen LogP contribution in [0.5, 0.6) is 0 Å². The van der Waals surface area contributed by atoms with Gasteiger partial charge >= 0.3 is 0 Å². The van der Waals surface area contributed by atoms with E-state index in [1.54, 1.807) is 0 Å². The lowest BCUT2D eigenvalue weighted by Crippen LogP contribution is -2.46. The summed E-state index contributed by atoms with van der Waals surface area (Å²) in [4.78, 5) is 11.3. The molecular formula is C12H22BrNO2. The second kappa shape index (κ2) is 5.50. The molecule has 0 unspecified atom stereocenters. The predicted molar refractivity (Wildman–Crippen MR) is 68.6 cm³/mol. The maximum absolute atomic E-state index is 11.3. The Labute approximate surface area is 106 Å². The Balaban J connectivity index is 2.34. The van der Waals surface area contributed by atoms with Crippen LogP contribution >= 0.6 is 15.9 Å². The van der Waals surface area contributed by atoms with Crippen molar-refractivity contribution in [2.24, 2.45) is 5.41 Å².